The van der Waals surface area contributed by atoms with E-state index in [-0.39, 0.29) is 0 Å². The number of halogens is 1. The Kier molecular flexibility index (Phi) is 2.31. The second-order valence-electron chi connectivity index (χ2n) is 3.81. The van der Waals surface area contributed by atoms with Crippen LogP contribution in [0.4, 0.5) is 0 Å². The minimum Gasteiger partial charge on any atom is -0.330 e. The average molecular weight is 196 g/mol. The van der Waals surface area contributed by atoms with E-state index in [9.17, 15) is 0 Å². The molecule has 0 fully saturated rings. The summed E-state index contributed by atoms with van der Waals surface area (Å²) in [6.45, 7) is 2.96. The summed E-state index contributed by atoms with van der Waals surface area (Å²) >= 11 is 6.15. The maximum atomic E-state index is 6.15. The first-order valence-electron chi connectivity index (χ1n) is 4.72. The van der Waals surface area contributed by atoms with Crippen LogP contribution >= 0.6 is 11.6 Å². The van der Waals surface area contributed by atoms with Gasteiger partial charge in [-0.15, -0.1) is 0 Å². The van der Waals surface area contributed by atoms with Gasteiger partial charge in [0.2, 0.25) is 0 Å². The van der Waals surface area contributed by atoms with Crippen LogP contribution in [0, 0.1) is 0 Å². The number of benzene rings is 1. The highest BCUT2D eigenvalue weighted by molar-refractivity contribution is 6.31. The summed E-state index contributed by atoms with van der Waals surface area (Å²) in [5, 5.41) is 0.904. The standard InChI is InChI=1S/C11H14ClN/c1-7-5-8(6-13)9-3-2-4-10(12)11(7)9/h2-4,7-8H,5-6,13H2,1H3. The van der Waals surface area contributed by atoms with E-state index >= 15 is 0 Å². The lowest BCUT2D eigenvalue weighted by Crippen LogP contribution is -2.09. The third-order valence-electron chi connectivity index (χ3n) is 2.94. The monoisotopic (exact) mass is 195 g/mol. The molecule has 0 spiro atoms. The van der Waals surface area contributed by atoms with E-state index in [0.717, 1.165) is 18.0 Å². The number of hydrogen-bond donors (Lipinski definition) is 1. The maximum absolute atomic E-state index is 6.15. The summed E-state index contributed by atoms with van der Waals surface area (Å²) < 4.78 is 0. The van der Waals surface area contributed by atoms with Crippen molar-refractivity contribution >= 4 is 11.6 Å². The van der Waals surface area contributed by atoms with Crippen LogP contribution in [0.5, 0.6) is 0 Å². The van der Waals surface area contributed by atoms with E-state index in [1.165, 1.54) is 11.1 Å². The van der Waals surface area contributed by atoms with E-state index in [1.807, 2.05) is 12.1 Å². The Labute approximate surface area is 83.9 Å². The fourth-order valence-electron chi connectivity index (χ4n) is 2.32. The fraction of sp³-hybridized carbons (Fsp3) is 0.455. The van der Waals surface area contributed by atoms with E-state index in [2.05, 4.69) is 13.0 Å². The first kappa shape index (κ1) is 9.04. The molecule has 2 atom stereocenters. The number of nitrogens with two attached hydrogens (primary N) is 1. The molecule has 1 nitrogen and oxygen atoms in total. The molecule has 70 valence electrons. The average Bonchev–Trinajstić information content (AvgIpc) is 2.44. The van der Waals surface area contributed by atoms with Gasteiger partial charge in [0.05, 0.1) is 0 Å². The Bertz CT molecular complexity index is 322. The molecule has 13 heavy (non-hydrogen) atoms. The van der Waals surface area contributed by atoms with Crippen LogP contribution in [0.25, 0.3) is 0 Å². The Hall–Kier alpha value is -0.530. The molecule has 2 unspecified atom stereocenters. The predicted octanol–water partition coefficient (Wildman–Crippen LogP) is 2.89. The smallest absolute Gasteiger partial charge is 0.0443 e. The van der Waals surface area contributed by atoms with Crippen molar-refractivity contribution < 1.29 is 0 Å². The minimum absolute atomic E-state index is 0.517. The molecule has 2 rings (SSSR count). The number of rotatable bonds is 1. The van der Waals surface area contributed by atoms with Crippen molar-refractivity contribution in [3.8, 4) is 0 Å². The van der Waals surface area contributed by atoms with Gasteiger partial charge in [-0.2, -0.15) is 0 Å². The first-order chi connectivity index (χ1) is 6.24. The Morgan fingerprint density at radius 2 is 2.31 bits per heavy atom. The van der Waals surface area contributed by atoms with Crippen molar-refractivity contribution in [1.82, 2.24) is 0 Å². The molecule has 0 saturated carbocycles. The van der Waals surface area contributed by atoms with Crippen LogP contribution in [0.2, 0.25) is 5.02 Å². The van der Waals surface area contributed by atoms with Gasteiger partial charge < -0.3 is 5.73 Å². The summed E-state index contributed by atoms with van der Waals surface area (Å²) in [5.74, 6) is 1.08. The summed E-state index contributed by atoms with van der Waals surface area (Å²) in [6, 6.07) is 6.14. The number of hydrogen-bond acceptors (Lipinski definition) is 1. The molecule has 0 bridgehead atoms. The van der Waals surface area contributed by atoms with E-state index in [1.54, 1.807) is 0 Å². The molecular formula is C11H14ClN. The van der Waals surface area contributed by atoms with Gasteiger partial charge >= 0.3 is 0 Å². The summed E-state index contributed by atoms with van der Waals surface area (Å²) in [4.78, 5) is 0. The molecule has 0 saturated heterocycles. The third-order valence-corrected chi connectivity index (χ3v) is 3.27. The molecule has 1 aromatic carbocycles. The zero-order chi connectivity index (χ0) is 9.42. The van der Waals surface area contributed by atoms with Crippen molar-refractivity contribution in [1.29, 1.82) is 0 Å². The SMILES string of the molecule is CC1CC(CN)c2cccc(Cl)c21. The summed E-state index contributed by atoms with van der Waals surface area (Å²) in [7, 11) is 0. The largest absolute Gasteiger partial charge is 0.330 e. The van der Waals surface area contributed by atoms with Crippen molar-refractivity contribution in [3.63, 3.8) is 0 Å². The lowest BCUT2D eigenvalue weighted by atomic mass is 10.0. The Morgan fingerprint density at radius 1 is 1.54 bits per heavy atom. The van der Waals surface area contributed by atoms with Crippen LogP contribution < -0.4 is 5.73 Å². The molecule has 1 aromatic rings. The normalized spacial score (nSPS) is 26.1. The maximum Gasteiger partial charge on any atom is 0.0443 e. The fourth-order valence-corrected chi connectivity index (χ4v) is 2.69. The van der Waals surface area contributed by atoms with Gasteiger partial charge in [0.1, 0.15) is 0 Å². The van der Waals surface area contributed by atoms with Gasteiger partial charge in [0.15, 0.2) is 0 Å². The molecule has 0 aliphatic heterocycles. The lowest BCUT2D eigenvalue weighted by molar-refractivity contribution is 0.626. The highest BCUT2D eigenvalue weighted by Gasteiger charge is 2.28. The van der Waals surface area contributed by atoms with Crippen LogP contribution in [-0.4, -0.2) is 6.54 Å². The van der Waals surface area contributed by atoms with Crippen LogP contribution in [0.15, 0.2) is 18.2 Å². The van der Waals surface area contributed by atoms with Gasteiger partial charge in [0, 0.05) is 5.02 Å². The van der Waals surface area contributed by atoms with Crippen molar-refractivity contribution in [2.75, 3.05) is 6.54 Å². The molecule has 0 amide bonds. The zero-order valence-electron chi connectivity index (χ0n) is 7.76. The van der Waals surface area contributed by atoms with Crippen molar-refractivity contribution in [2.24, 2.45) is 5.73 Å². The Balaban J connectivity index is 2.51. The van der Waals surface area contributed by atoms with E-state index < -0.39 is 0 Å². The Morgan fingerprint density at radius 3 is 3.00 bits per heavy atom. The van der Waals surface area contributed by atoms with Crippen LogP contribution in [0.1, 0.15) is 36.3 Å². The van der Waals surface area contributed by atoms with Crippen LogP contribution in [-0.2, 0) is 0 Å². The van der Waals surface area contributed by atoms with Gasteiger partial charge in [0.25, 0.3) is 0 Å². The molecular weight excluding hydrogens is 182 g/mol. The third kappa shape index (κ3) is 1.36. The first-order valence-corrected chi connectivity index (χ1v) is 5.10. The summed E-state index contributed by atoms with van der Waals surface area (Å²) in [6.07, 6.45) is 1.15. The topological polar surface area (TPSA) is 26.0 Å². The van der Waals surface area contributed by atoms with Crippen molar-refractivity contribution in [3.05, 3.63) is 34.3 Å². The van der Waals surface area contributed by atoms with Gasteiger partial charge in [-0.05, 0) is 42.0 Å². The molecule has 0 radical (unpaired) electrons. The second-order valence-corrected chi connectivity index (χ2v) is 4.22. The van der Waals surface area contributed by atoms with E-state index in [0.29, 0.717) is 11.8 Å². The molecule has 2 N–H and O–H groups in total. The highest BCUT2D eigenvalue weighted by Crippen LogP contribution is 2.43. The minimum atomic E-state index is 0.517. The molecule has 2 heteroatoms. The molecule has 0 aromatic heterocycles. The van der Waals surface area contributed by atoms with Crippen molar-refractivity contribution in [2.45, 2.75) is 25.2 Å². The second kappa shape index (κ2) is 3.32. The lowest BCUT2D eigenvalue weighted by Gasteiger charge is -2.07. The van der Waals surface area contributed by atoms with Gasteiger partial charge in [-0.25, -0.2) is 0 Å². The summed E-state index contributed by atoms with van der Waals surface area (Å²) in [5.41, 5.74) is 8.40. The molecule has 0 heterocycles. The highest BCUT2D eigenvalue weighted by atomic mass is 35.5. The molecule has 1 aliphatic rings. The quantitative estimate of drug-likeness (QED) is 0.733. The van der Waals surface area contributed by atoms with Gasteiger partial charge in [-0.1, -0.05) is 30.7 Å². The van der Waals surface area contributed by atoms with Crippen LogP contribution in [0.3, 0.4) is 0 Å². The van der Waals surface area contributed by atoms with E-state index in [4.69, 9.17) is 17.3 Å². The predicted molar refractivity (Wildman–Crippen MR) is 56.3 cm³/mol. The zero-order valence-corrected chi connectivity index (χ0v) is 8.51. The van der Waals surface area contributed by atoms with Gasteiger partial charge in [-0.3, -0.25) is 0 Å². The molecule has 1 aliphatic carbocycles. The number of fused-ring (bicyclic) bond motifs is 1.